The van der Waals surface area contributed by atoms with Gasteiger partial charge in [0.15, 0.2) is 0 Å². The summed E-state index contributed by atoms with van der Waals surface area (Å²) in [5, 5.41) is 3.42. The van der Waals surface area contributed by atoms with Crippen molar-refractivity contribution in [1.29, 1.82) is 0 Å². The van der Waals surface area contributed by atoms with Gasteiger partial charge in [0.25, 0.3) is 0 Å². The fourth-order valence-corrected chi connectivity index (χ4v) is 4.71. The number of halogens is 1. The van der Waals surface area contributed by atoms with E-state index >= 15 is 0 Å². The third-order valence-electron chi connectivity index (χ3n) is 6.01. The first-order chi connectivity index (χ1) is 13.8. The molecule has 2 fully saturated rings. The molecule has 3 rings (SSSR count). The number of hydrogen-bond acceptors (Lipinski definition) is 4. The maximum absolute atomic E-state index is 13.0. The highest BCUT2D eigenvalue weighted by atomic mass is 35.5. The van der Waals surface area contributed by atoms with Crippen LogP contribution in [0.5, 0.6) is 0 Å². The molecule has 2 aliphatic rings. The molecule has 160 valence electrons. The summed E-state index contributed by atoms with van der Waals surface area (Å²) < 4.78 is 0. The first-order valence-corrected chi connectivity index (χ1v) is 11.0. The predicted molar refractivity (Wildman–Crippen MR) is 117 cm³/mol. The number of piperidine rings is 1. The monoisotopic (exact) mass is 420 g/mol. The average molecular weight is 421 g/mol. The summed E-state index contributed by atoms with van der Waals surface area (Å²) >= 11 is 6.11. The number of likely N-dealkylation sites (tertiary alicyclic amines) is 1. The molecule has 0 aromatic heterocycles. The molecule has 0 radical (unpaired) electrons. The largest absolute Gasteiger partial charge is 0.341 e. The van der Waals surface area contributed by atoms with Crippen LogP contribution in [0.15, 0.2) is 24.3 Å². The van der Waals surface area contributed by atoms with Gasteiger partial charge in [-0.2, -0.15) is 0 Å². The van der Waals surface area contributed by atoms with E-state index in [2.05, 4.69) is 29.0 Å². The van der Waals surface area contributed by atoms with Crippen LogP contribution in [-0.4, -0.2) is 78.4 Å². The second-order valence-electron chi connectivity index (χ2n) is 8.71. The van der Waals surface area contributed by atoms with Gasteiger partial charge in [-0.3, -0.25) is 19.4 Å². The number of carbonyl (C=O) groups is 2. The van der Waals surface area contributed by atoms with Crippen molar-refractivity contribution in [1.82, 2.24) is 14.7 Å². The van der Waals surface area contributed by atoms with Crippen LogP contribution >= 0.6 is 11.6 Å². The lowest BCUT2D eigenvalue weighted by Gasteiger charge is -2.41. The van der Waals surface area contributed by atoms with E-state index in [-0.39, 0.29) is 17.9 Å². The molecule has 6 nitrogen and oxygen atoms in total. The Hall–Kier alpha value is -1.63. The molecule has 7 heteroatoms. The summed E-state index contributed by atoms with van der Waals surface area (Å²) in [6, 6.07) is 7.14. The van der Waals surface area contributed by atoms with Gasteiger partial charge in [-0.05, 0) is 37.3 Å². The molecule has 2 amide bonds. The first-order valence-electron chi connectivity index (χ1n) is 10.6. The van der Waals surface area contributed by atoms with Crippen molar-refractivity contribution in [3.05, 3.63) is 29.3 Å². The Morgan fingerprint density at radius 2 is 1.72 bits per heavy atom. The molecule has 0 aliphatic carbocycles. The highest BCUT2D eigenvalue weighted by Gasteiger charge is 2.32. The van der Waals surface area contributed by atoms with E-state index in [0.717, 1.165) is 39.3 Å². The van der Waals surface area contributed by atoms with Crippen LogP contribution < -0.4 is 5.32 Å². The first kappa shape index (κ1) is 22.1. The molecule has 1 aromatic carbocycles. The van der Waals surface area contributed by atoms with Crippen LogP contribution in [0.3, 0.4) is 0 Å². The van der Waals surface area contributed by atoms with Crippen molar-refractivity contribution in [2.24, 2.45) is 11.8 Å². The van der Waals surface area contributed by atoms with Gasteiger partial charge in [-0.1, -0.05) is 37.6 Å². The van der Waals surface area contributed by atoms with Gasteiger partial charge in [0.1, 0.15) is 0 Å². The minimum absolute atomic E-state index is 0.0630. The number of nitrogens with one attached hydrogen (secondary N) is 1. The van der Waals surface area contributed by atoms with Crippen molar-refractivity contribution in [3.8, 4) is 0 Å². The summed E-state index contributed by atoms with van der Waals surface area (Å²) in [7, 11) is 0. The minimum atomic E-state index is -0.105. The minimum Gasteiger partial charge on any atom is -0.341 e. The summed E-state index contributed by atoms with van der Waals surface area (Å²) in [5.74, 6) is 1.33. The standard InChI is InChI=1S/C22H33ClN4O2/c1-16-12-17(2)14-27(13-16)22(29)18(3)26-10-8-25(9-11-26)15-21(28)24-20-7-5-4-6-19(20)23/h4-7,16-18H,8-15H2,1-3H3,(H,24,28)/t16-,17-,18-/m1/s1. The fraction of sp³-hybridized carbons (Fsp3) is 0.636. The van der Waals surface area contributed by atoms with Gasteiger partial charge in [0.2, 0.25) is 11.8 Å². The van der Waals surface area contributed by atoms with Crippen molar-refractivity contribution >= 4 is 29.1 Å². The molecule has 1 N–H and O–H groups in total. The fourth-order valence-electron chi connectivity index (χ4n) is 4.53. The van der Waals surface area contributed by atoms with Gasteiger partial charge in [0, 0.05) is 39.3 Å². The second kappa shape index (κ2) is 9.92. The number of benzene rings is 1. The zero-order valence-corrected chi connectivity index (χ0v) is 18.5. The smallest absolute Gasteiger partial charge is 0.239 e. The zero-order chi connectivity index (χ0) is 21.0. The van der Waals surface area contributed by atoms with Crippen LogP contribution in [-0.2, 0) is 9.59 Å². The Morgan fingerprint density at radius 1 is 1.10 bits per heavy atom. The Labute approximate surface area is 179 Å². The summed E-state index contributed by atoms with van der Waals surface area (Å²) in [6.45, 7) is 11.7. The van der Waals surface area contributed by atoms with Crippen LogP contribution in [0.2, 0.25) is 5.02 Å². The number of piperazine rings is 1. The topological polar surface area (TPSA) is 55.9 Å². The highest BCUT2D eigenvalue weighted by molar-refractivity contribution is 6.33. The lowest BCUT2D eigenvalue weighted by molar-refractivity contribution is -0.140. The lowest BCUT2D eigenvalue weighted by Crippen LogP contribution is -2.56. The number of nitrogens with zero attached hydrogens (tertiary/aromatic N) is 3. The van der Waals surface area contributed by atoms with Crippen LogP contribution in [0.25, 0.3) is 0 Å². The Bertz CT molecular complexity index is 711. The molecule has 2 aliphatic heterocycles. The van der Waals surface area contributed by atoms with Crippen LogP contribution in [0, 0.1) is 11.8 Å². The molecule has 0 bridgehead atoms. The van der Waals surface area contributed by atoms with E-state index in [0.29, 0.717) is 29.1 Å². The van der Waals surface area contributed by atoms with Crippen molar-refractivity contribution in [2.75, 3.05) is 51.1 Å². The van der Waals surface area contributed by atoms with E-state index in [1.807, 2.05) is 24.0 Å². The summed E-state index contributed by atoms with van der Waals surface area (Å²) in [4.78, 5) is 31.7. The number of hydrogen-bond donors (Lipinski definition) is 1. The molecular formula is C22H33ClN4O2. The molecule has 3 atom stereocenters. The quantitative estimate of drug-likeness (QED) is 0.795. The van der Waals surface area contributed by atoms with Crippen LogP contribution in [0.1, 0.15) is 27.2 Å². The van der Waals surface area contributed by atoms with Crippen molar-refractivity contribution in [3.63, 3.8) is 0 Å². The van der Waals surface area contributed by atoms with E-state index in [1.165, 1.54) is 6.42 Å². The van der Waals surface area contributed by atoms with Gasteiger partial charge >= 0.3 is 0 Å². The number of amides is 2. The molecule has 1 aromatic rings. The average Bonchev–Trinajstić information content (AvgIpc) is 2.68. The molecule has 2 saturated heterocycles. The molecule has 0 unspecified atom stereocenters. The van der Waals surface area contributed by atoms with E-state index in [4.69, 9.17) is 11.6 Å². The third kappa shape index (κ3) is 5.93. The molecule has 0 spiro atoms. The molecule has 0 saturated carbocycles. The Morgan fingerprint density at radius 3 is 2.34 bits per heavy atom. The van der Waals surface area contributed by atoms with E-state index in [1.54, 1.807) is 12.1 Å². The zero-order valence-electron chi connectivity index (χ0n) is 17.7. The number of rotatable bonds is 5. The predicted octanol–water partition coefficient (Wildman–Crippen LogP) is 2.79. The van der Waals surface area contributed by atoms with Gasteiger partial charge in [-0.25, -0.2) is 0 Å². The van der Waals surface area contributed by atoms with Gasteiger partial charge in [0.05, 0.1) is 23.3 Å². The molecule has 2 heterocycles. The van der Waals surface area contributed by atoms with Crippen molar-refractivity contribution < 1.29 is 9.59 Å². The molecular weight excluding hydrogens is 388 g/mol. The second-order valence-corrected chi connectivity index (χ2v) is 9.11. The number of carbonyl (C=O) groups excluding carboxylic acids is 2. The Balaban J connectivity index is 1.45. The van der Waals surface area contributed by atoms with Crippen LogP contribution in [0.4, 0.5) is 5.69 Å². The third-order valence-corrected chi connectivity index (χ3v) is 6.34. The summed E-state index contributed by atoms with van der Waals surface area (Å²) in [6.07, 6.45) is 1.20. The number of para-hydroxylation sites is 1. The molecule has 29 heavy (non-hydrogen) atoms. The van der Waals surface area contributed by atoms with Gasteiger partial charge < -0.3 is 10.2 Å². The van der Waals surface area contributed by atoms with Gasteiger partial charge in [-0.15, -0.1) is 0 Å². The summed E-state index contributed by atoms with van der Waals surface area (Å²) in [5.41, 5.74) is 0.641. The maximum atomic E-state index is 13.0. The maximum Gasteiger partial charge on any atom is 0.239 e. The van der Waals surface area contributed by atoms with Crippen molar-refractivity contribution in [2.45, 2.75) is 33.2 Å². The highest BCUT2D eigenvalue weighted by Crippen LogP contribution is 2.23. The normalized spacial score (nSPS) is 24.9. The van der Waals surface area contributed by atoms with E-state index < -0.39 is 0 Å². The lowest BCUT2D eigenvalue weighted by atomic mass is 9.91. The number of anilines is 1. The SMILES string of the molecule is C[C@@H]1C[C@@H](C)CN(C(=O)[C@@H](C)N2CCN(CC(=O)Nc3ccccc3Cl)CC2)C1. The van der Waals surface area contributed by atoms with E-state index in [9.17, 15) is 9.59 Å². The Kier molecular flexibility index (Phi) is 7.55.